The maximum atomic E-state index is 11.9. The number of benzene rings is 2. The van der Waals surface area contributed by atoms with E-state index in [1.807, 2.05) is 0 Å². The Balaban J connectivity index is 1.56. The van der Waals surface area contributed by atoms with Crippen LogP contribution < -0.4 is 9.47 Å². The molecule has 1 heterocycles. The van der Waals surface area contributed by atoms with Crippen LogP contribution in [0.1, 0.15) is 21.5 Å². The van der Waals surface area contributed by atoms with Gasteiger partial charge in [-0.2, -0.15) is 0 Å². The first-order chi connectivity index (χ1) is 12.6. The molecule has 3 rings (SSSR count). The Labute approximate surface area is 154 Å². The summed E-state index contributed by atoms with van der Waals surface area (Å²) in [6.45, 7) is 0.177. The standard InChI is InChI=1S/C19H15ClO6/c1-23-19(22)14-5-2-12(3-6-14)4-7-17(21)24-10-13-8-15(20)18-16(9-13)25-11-26-18/h2-9H,10-11H2,1H3/b7-4+. The van der Waals surface area contributed by atoms with Gasteiger partial charge in [-0.25, -0.2) is 9.59 Å². The molecule has 0 fully saturated rings. The van der Waals surface area contributed by atoms with Gasteiger partial charge in [0, 0.05) is 6.08 Å². The summed E-state index contributed by atoms with van der Waals surface area (Å²) in [5, 5.41) is 0.410. The number of methoxy groups -OCH3 is 1. The smallest absolute Gasteiger partial charge is 0.337 e. The molecule has 1 aliphatic heterocycles. The minimum absolute atomic E-state index is 0.0564. The quantitative estimate of drug-likeness (QED) is 0.588. The molecule has 7 heteroatoms. The van der Waals surface area contributed by atoms with Gasteiger partial charge in [0.25, 0.3) is 0 Å². The largest absolute Gasteiger partial charge is 0.465 e. The fraction of sp³-hybridized carbons (Fsp3) is 0.158. The third-order valence-electron chi connectivity index (χ3n) is 3.61. The molecule has 0 bridgehead atoms. The van der Waals surface area contributed by atoms with Crippen LogP contribution in [-0.2, 0) is 20.9 Å². The number of esters is 2. The second kappa shape index (κ2) is 7.93. The first-order valence-electron chi connectivity index (χ1n) is 7.68. The van der Waals surface area contributed by atoms with Crippen LogP contribution >= 0.6 is 11.6 Å². The summed E-state index contributed by atoms with van der Waals surface area (Å²) in [4.78, 5) is 23.2. The highest BCUT2D eigenvalue weighted by Crippen LogP contribution is 2.39. The molecule has 0 N–H and O–H groups in total. The van der Waals surface area contributed by atoms with E-state index in [-0.39, 0.29) is 13.4 Å². The third kappa shape index (κ3) is 4.15. The molecule has 0 unspecified atom stereocenters. The van der Waals surface area contributed by atoms with Crippen molar-refractivity contribution in [2.45, 2.75) is 6.61 Å². The van der Waals surface area contributed by atoms with Crippen molar-refractivity contribution < 1.29 is 28.5 Å². The summed E-state index contributed by atoms with van der Waals surface area (Å²) in [5.74, 6) is 0.111. The number of ether oxygens (including phenoxy) is 4. The molecule has 26 heavy (non-hydrogen) atoms. The number of rotatable bonds is 5. The lowest BCUT2D eigenvalue weighted by molar-refractivity contribution is -0.138. The van der Waals surface area contributed by atoms with E-state index in [4.69, 9.17) is 25.8 Å². The van der Waals surface area contributed by atoms with E-state index in [0.29, 0.717) is 27.6 Å². The van der Waals surface area contributed by atoms with E-state index >= 15 is 0 Å². The van der Waals surface area contributed by atoms with Crippen LogP contribution in [0.3, 0.4) is 0 Å². The molecular weight excluding hydrogens is 360 g/mol. The highest BCUT2D eigenvalue weighted by Gasteiger charge is 2.18. The zero-order valence-corrected chi connectivity index (χ0v) is 14.6. The molecular formula is C19H15ClO6. The monoisotopic (exact) mass is 374 g/mol. The molecule has 0 saturated carbocycles. The molecule has 0 atom stereocenters. The van der Waals surface area contributed by atoms with E-state index in [1.54, 1.807) is 42.5 Å². The van der Waals surface area contributed by atoms with Crippen LogP contribution in [0.2, 0.25) is 5.02 Å². The highest BCUT2D eigenvalue weighted by molar-refractivity contribution is 6.32. The SMILES string of the molecule is COC(=O)c1ccc(/C=C/C(=O)OCc2cc(Cl)c3c(c2)OCO3)cc1. The number of carbonyl (C=O) groups is 2. The minimum Gasteiger partial charge on any atom is -0.465 e. The van der Waals surface area contributed by atoms with Gasteiger partial charge in [-0.3, -0.25) is 0 Å². The van der Waals surface area contributed by atoms with Crippen molar-refractivity contribution in [1.82, 2.24) is 0 Å². The van der Waals surface area contributed by atoms with Crippen molar-refractivity contribution in [2.24, 2.45) is 0 Å². The van der Waals surface area contributed by atoms with Crippen LogP contribution in [0.15, 0.2) is 42.5 Å². The van der Waals surface area contributed by atoms with Crippen molar-refractivity contribution in [1.29, 1.82) is 0 Å². The van der Waals surface area contributed by atoms with Gasteiger partial charge >= 0.3 is 11.9 Å². The lowest BCUT2D eigenvalue weighted by Gasteiger charge is -2.05. The zero-order valence-electron chi connectivity index (χ0n) is 13.9. The van der Waals surface area contributed by atoms with Crippen molar-refractivity contribution in [3.63, 3.8) is 0 Å². The second-order valence-electron chi connectivity index (χ2n) is 5.37. The molecule has 0 aromatic heterocycles. The van der Waals surface area contributed by atoms with Crippen LogP contribution in [0.5, 0.6) is 11.5 Å². The van der Waals surface area contributed by atoms with E-state index in [9.17, 15) is 9.59 Å². The molecule has 0 saturated heterocycles. The van der Waals surface area contributed by atoms with Crippen molar-refractivity contribution in [2.75, 3.05) is 13.9 Å². The number of fused-ring (bicyclic) bond motifs is 1. The average Bonchev–Trinajstić information content (AvgIpc) is 3.13. The van der Waals surface area contributed by atoms with Gasteiger partial charge in [-0.1, -0.05) is 23.7 Å². The summed E-state index contributed by atoms with van der Waals surface area (Å²) in [6, 6.07) is 10.0. The van der Waals surface area contributed by atoms with Gasteiger partial charge in [0.1, 0.15) is 6.61 Å². The normalized spacial score (nSPS) is 12.2. The van der Waals surface area contributed by atoms with Crippen molar-refractivity contribution >= 4 is 29.6 Å². The Bertz CT molecular complexity index is 857. The summed E-state index contributed by atoms with van der Waals surface area (Å²) in [5.41, 5.74) is 1.89. The summed E-state index contributed by atoms with van der Waals surface area (Å²) in [7, 11) is 1.32. The Morgan fingerprint density at radius 2 is 1.96 bits per heavy atom. The lowest BCUT2D eigenvalue weighted by atomic mass is 10.1. The van der Waals surface area contributed by atoms with Gasteiger partial charge in [0.05, 0.1) is 17.7 Å². The van der Waals surface area contributed by atoms with Crippen LogP contribution in [0.4, 0.5) is 0 Å². The summed E-state index contributed by atoms with van der Waals surface area (Å²) < 4.78 is 20.3. The molecule has 6 nitrogen and oxygen atoms in total. The summed E-state index contributed by atoms with van der Waals surface area (Å²) >= 11 is 6.08. The fourth-order valence-electron chi connectivity index (χ4n) is 2.32. The second-order valence-corrected chi connectivity index (χ2v) is 5.77. The van der Waals surface area contributed by atoms with Crippen LogP contribution in [0.25, 0.3) is 6.08 Å². The summed E-state index contributed by atoms with van der Waals surface area (Å²) in [6.07, 6.45) is 2.90. The van der Waals surface area contributed by atoms with Gasteiger partial charge in [-0.05, 0) is 41.5 Å². The topological polar surface area (TPSA) is 71.1 Å². The Morgan fingerprint density at radius 3 is 2.69 bits per heavy atom. The fourth-order valence-corrected chi connectivity index (χ4v) is 2.61. The van der Waals surface area contributed by atoms with Gasteiger partial charge in [-0.15, -0.1) is 0 Å². The number of halogens is 1. The first-order valence-corrected chi connectivity index (χ1v) is 8.06. The van der Waals surface area contributed by atoms with E-state index in [2.05, 4.69) is 4.74 Å². The van der Waals surface area contributed by atoms with Crippen LogP contribution in [-0.4, -0.2) is 25.8 Å². The molecule has 0 radical (unpaired) electrons. The Kier molecular flexibility index (Phi) is 5.43. The molecule has 0 aliphatic carbocycles. The lowest BCUT2D eigenvalue weighted by Crippen LogP contribution is -2.01. The van der Waals surface area contributed by atoms with Crippen LogP contribution in [0, 0.1) is 0 Å². The number of hydrogen-bond donors (Lipinski definition) is 0. The molecule has 1 aliphatic rings. The Morgan fingerprint density at radius 1 is 1.19 bits per heavy atom. The third-order valence-corrected chi connectivity index (χ3v) is 3.89. The molecule has 0 amide bonds. The molecule has 0 spiro atoms. The van der Waals surface area contributed by atoms with E-state index in [1.165, 1.54) is 13.2 Å². The van der Waals surface area contributed by atoms with Crippen molar-refractivity contribution in [3.05, 3.63) is 64.2 Å². The minimum atomic E-state index is -0.504. The van der Waals surface area contributed by atoms with Gasteiger partial charge in [0.15, 0.2) is 11.5 Å². The highest BCUT2D eigenvalue weighted by atomic mass is 35.5. The van der Waals surface area contributed by atoms with E-state index in [0.717, 1.165) is 5.56 Å². The molecule has 2 aromatic carbocycles. The number of hydrogen-bond acceptors (Lipinski definition) is 6. The Hall–Kier alpha value is -2.99. The maximum Gasteiger partial charge on any atom is 0.337 e. The number of carbonyl (C=O) groups excluding carboxylic acids is 2. The van der Waals surface area contributed by atoms with Gasteiger partial charge in [0.2, 0.25) is 6.79 Å². The molecule has 134 valence electrons. The van der Waals surface area contributed by atoms with Gasteiger partial charge < -0.3 is 18.9 Å². The maximum absolute atomic E-state index is 11.9. The predicted molar refractivity (Wildman–Crippen MR) is 94.2 cm³/mol. The van der Waals surface area contributed by atoms with Crippen molar-refractivity contribution in [3.8, 4) is 11.5 Å². The molecule has 2 aromatic rings. The zero-order chi connectivity index (χ0) is 18.5. The average molecular weight is 375 g/mol. The predicted octanol–water partition coefficient (Wildman–Crippen LogP) is 3.61. The first kappa shape index (κ1) is 17.8. The van der Waals surface area contributed by atoms with E-state index < -0.39 is 11.9 Å².